The van der Waals surface area contributed by atoms with E-state index in [9.17, 15) is 26.7 Å². The van der Waals surface area contributed by atoms with Gasteiger partial charge in [-0.25, -0.2) is 22.0 Å². The van der Waals surface area contributed by atoms with Crippen LogP contribution in [0.15, 0.2) is 0 Å². The predicted molar refractivity (Wildman–Crippen MR) is 62.1 cm³/mol. The first-order chi connectivity index (χ1) is 9.91. The number of morpholine rings is 1. The Morgan fingerprint density at radius 2 is 1.67 bits per heavy atom. The highest BCUT2D eigenvalue weighted by Crippen LogP contribution is 2.27. The third-order valence-corrected chi connectivity index (χ3v) is 2.90. The SMILES string of the molecule is O=C(CC1COCCN1)Nc1c(F)c(F)c(F)c(F)c1F. The lowest BCUT2D eigenvalue weighted by Crippen LogP contribution is -2.43. The van der Waals surface area contributed by atoms with Gasteiger partial charge >= 0.3 is 0 Å². The quantitative estimate of drug-likeness (QED) is 0.507. The molecule has 1 fully saturated rings. The van der Waals surface area contributed by atoms with Gasteiger partial charge in [-0.2, -0.15) is 0 Å². The molecule has 0 saturated carbocycles. The van der Waals surface area contributed by atoms with Crippen molar-refractivity contribution in [3.05, 3.63) is 29.1 Å². The molecule has 1 aliphatic rings. The zero-order chi connectivity index (χ0) is 15.6. The van der Waals surface area contributed by atoms with E-state index in [2.05, 4.69) is 5.32 Å². The van der Waals surface area contributed by atoms with Gasteiger partial charge in [0.05, 0.1) is 13.2 Å². The Balaban J connectivity index is 2.13. The molecular weight excluding hydrogens is 299 g/mol. The van der Waals surface area contributed by atoms with Crippen molar-refractivity contribution >= 4 is 11.6 Å². The number of nitrogens with one attached hydrogen (secondary N) is 2. The highest BCUT2D eigenvalue weighted by molar-refractivity contribution is 5.91. The van der Waals surface area contributed by atoms with E-state index in [1.165, 1.54) is 0 Å². The second-order valence-electron chi connectivity index (χ2n) is 4.42. The van der Waals surface area contributed by atoms with Crippen LogP contribution in [0.4, 0.5) is 27.6 Å². The predicted octanol–water partition coefficient (Wildman–Crippen LogP) is 1.70. The normalized spacial score (nSPS) is 18.6. The number of amides is 1. The summed E-state index contributed by atoms with van der Waals surface area (Å²) in [5.74, 6) is -11.5. The van der Waals surface area contributed by atoms with Gasteiger partial charge in [0.1, 0.15) is 5.69 Å². The summed E-state index contributed by atoms with van der Waals surface area (Å²) in [4.78, 5) is 11.6. The number of hydrogen-bond acceptors (Lipinski definition) is 3. The van der Waals surface area contributed by atoms with Crippen LogP contribution in [0.2, 0.25) is 0 Å². The third-order valence-electron chi connectivity index (χ3n) is 2.90. The number of anilines is 1. The molecule has 1 aromatic carbocycles. The monoisotopic (exact) mass is 310 g/mol. The van der Waals surface area contributed by atoms with Crippen molar-refractivity contribution in [1.82, 2.24) is 5.32 Å². The summed E-state index contributed by atoms with van der Waals surface area (Å²) >= 11 is 0. The maximum absolute atomic E-state index is 13.4. The van der Waals surface area contributed by atoms with E-state index in [1.807, 2.05) is 0 Å². The Morgan fingerprint density at radius 3 is 2.19 bits per heavy atom. The highest BCUT2D eigenvalue weighted by atomic mass is 19.2. The van der Waals surface area contributed by atoms with Crippen LogP contribution in [0.1, 0.15) is 6.42 Å². The Morgan fingerprint density at radius 1 is 1.10 bits per heavy atom. The molecule has 1 aromatic rings. The molecule has 1 unspecified atom stereocenters. The van der Waals surface area contributed by atoms with E-state index in [-0.39, 0.29) is 19.1 Å². The van der Waals surface area contributed by atoms with E-state index in [0.717, 1.165) is 0 Å². The summed E-state index contributed by atoms with van der Waals surface area (Å²) in [6.07, 6.45) is -0.223. The van der Waals surface area contributed by atoms with Gasteiger partial charge in [0.15, 0.2) is 23.3 Å². The molecule has 9 heteroatoms. The third kappa shape index (κ3) is 3.30. The molecule has 0 aromatic heterocycles. The molecule has 1 atom stereocenters. The van der Waals surface area contributed by atoms with Gasteiger partial charge in [0.2, 0.25) is 11.7 Å². The van der Waals surface area contributed by atoms with Crippen LogP contribution in [0.25, 0.3) is 0 Å². The van der Waals surface area contributed by atoms with Gasteiger partial charge in [0.25, 0.3) is 0 Å². The fourth-order valence-corrected chi connectivity index (χ4v) is 1.88. The van der Waals surface area contributed by atoms with Crippen molar-refractivity contribution < 1.29 is 31.5 Å². The largest absolute Gasteiger partial charge is 0.378 e. The molecule has 0 bridgehead atoms. The number of halogens is 5. The lowest BCUT2D eigenvalue weighted by Gasteiger charge is -2.23. The number of benzene rings is 1. The van der Waals surface area contributed by atoms with Crippen molar-refractivity contribution in [2.45, 2.75) is 12.5 Å². The minimum atomic E-state index is -2.27. The molecule has 4 nitrogen and oxygen atoms in total. The second-order valence-corrected chi connectivity index (χ2v) is 4.42. The molecule has 1 amide bonds. The van der Waals surface area contributed by atoms with Crippen LogP contribution in [0.5, 0.6) is 0 Å². The Kier molecular flexibility index (Phi) is 4.73. The van der Waals surface area contributed by atoms with Gasteiger partial charge in [0, 0.05) is 19.0 Å². The van der Waals surface area contributed by atoms with Crippen LogP contribution < -0.4 is 10.6 Å². The fraction of sp³-hybridized carbons (Fsp3) is 0.417. The summed E-state index contributed by atoms with van der Waals surface area (Å²) in [6.45, 7) is 1.18. The number of carbonyl (C=O) groups is 1. The minimum Gasteiger partial charge on any atom is -0.378 e. The first-order valence-corrected chi connectivity index (χ1v) is 6.04. The van der Waals surface area contributed by atoms with Gasteiger partial charge in [-0.05, 0) is 0 Å². The zero-order valence-corrected chi connectivity index (χ0v) is 10.6. The lowest BCUT2D eigenvalue weighted by molar-refractivity contribution is -0.117. The first-order valence-electron chi connectivity index (χ1n) is 6.04. The van der Waals surface area contributed by atoms with Crippen molar-refractivity contribution in [3.8, 4) is 0 Å². The molecule has 0 spiro atoms. The molecule has 0 radical (unpaired) electrons. The van der Waals surface area contributed by atoms with Crippen LogP contribution in [-0.2, 0) is 9.53 Å². The maximum atomic E-state index is 13.4. The molecule has 1 saturated heterocycles. The molecular formula is C12H11F5N2O2. The van der Waals surface area contributed by atoms with E-state index in [1.54, 1.807) is 5.32 Å². The molecule has 1 heterocycles. The fourth-order valence-electron chi connectivity index (χ4n) is 1.88. The van der Waals surface area contributed by atoms with Crippen molar-refractivity contribution in [1.29, 1.82) is 0 Å². The lowest BCUT2D eigenvalue weighted by atomic mass is 10.2. The Hall–Kier alpha value is -1.74. The summed E-state index contributed by atoms with van der Waals surface area (Å²) in [6, 6.07) is -0.389. The van der Waals surface area contributed by atoms with Gasteiger partial charge in [-0.15, -0.1) is 0 Å². The highest BCUT2D eigenvalue weighted by Gasteiger charge is 2.27. The molecule has 116 valence electrons. The second kappa shape index (κ2) is 6.35. The van der Waals surface area contributed by atoms with Gasteiger partial charge in [-0.3, -0.25) is 4.79 Å². The Labute approximate surface area is 116 Å². The number of rotatable bonds is 3. The molecule has 2 N–H and O–H groups in total. The van der Waals surface area contributed by atoms with E-state index < -0.39 is 40.7 Å². The molecule has 1 aliphatic heterocycles. The first kappa shape index (κ1) is 15.6. The van der Waals surface area contributed by atoms with E-state index >= 15 is 0 Å². The molecule has 2 rings (SSSR count). The number of ether oxygens (including phenoxy) is 1. The molecule has 21 heavy (non-hydrogen) atoms. The smallest absolute Gasteiger partial charge is 0.226 e. The van der Waals surface area contributed by atoms with Crippen molar-refractivity contribution in [3.63, 3.8) is 0 Å². The van der Waals surface area contributed by atoms with Gasteiger partial charge in [-0.1, -0.05) is 0 Å². The van der Waals surface area contributed by atoms with Crippen LogP contribution in [0.3, 0.4) is 0 Å². The summed E-state index contributed by atoms with van der Waals surface area (Å²) < 4.78 is 70.6. The van der Waals surface area contributed by atoms with E-state index in [0.29, 0.717) is 13.2 Å². The number of carbonyl (C=O) groups excluding carboxylic acids is 1. The average molecular weight is 310 g/mol. The Bertz CT molecular complexity index is 532. The van der Waals surface area contributed by atoms with Gasteiger partial charge < -0.3 is 15.4 Å². The summed E-state index contributed by atoms with van der Waals surface area (Å²) in [7, 11) is 0. The summed E-state index contributed by atoms with van der Waals surface area (Å²) in [5.41, 5.74) is -1.35. The standard InChI is InChI=1S/C12H11F5N2O2/c13-7-8(14)10(16)12(11(17)9(7)15)19-6(20)3-5-4-21-2-1-18-5/h5,18H,1-4H2,(H,19,20). The van der Waals surface area contributed by atoms with Crippen LogP contribution in [-0.4, -0.2) is 31.7 Å². The minimum absolute atomic E-state index is 0.213. The van der Waals surface area contributed by atoms with E-state index in [4.69, 9.17) is 4.74 Å². The summed E-state index contributed by atoms with van der Waals surface area (Å²) in [5, 5.41) is 4.62. The van der Waals surface area contributed by atoms with Crippen LogP contribution >= 0.6 is 0 Å². The topological polar surface area (TPSA) is 50.4 Å². The zero-order valence-electron chi connectivity index (χ0n) is 10.6. The number of hydrogen-bond donors (Lipinski definition) is 2. The van der Waals surface area contributed by atoms with Crippen molar-refractivity contribution in [2.75, 3.05) is 25.1 Å². The maximum Gasteiger partial charge on any atom is 0.226 e. The van der Waals surface area contributed by atoms with Crippen molar-refractivity contribution in [2.24, 2.45) is 0 Å². The average Bonchev–Trinajstić information content (AvgIpc) is 2.48. The van der Waals surface area contributed by atoms with Crippen LogP contribution in [0, 0.1) is 29.1 Å². The molecule has 0 aliphatic carbocycles.